The van der Waals surface area contributed by atoms with E-state index in [4.69, 9.17) is 20.9 Å². The van der Waals surface area contributed by atoms with Crippen LogP contribution in [0, 0.1) is 11.6 Å². The van der Waals surface area contributed by atoms with Crippen LogP contribution in [0.5, 0.6) is 0 Å². The normalized spacial score (nSPS) is 15.0. The molecule has 6 aromatic carbocycles. The monoisotopic (exact) mass is 976 g/mol. The lowest BCUT2D eigenvalue weighted by Gasteiger charge is -2.32. The Labute approximate surface area is 414 Å². The average molecular weight is 977 g/mol. The molecule has 8 aromatic rings. The number of hydrogen-bond acceptors (Lipinski definition) is 8. The Bertz CT molecular complexity index is 3370. The van der Waals surface area contributed by atoms with Crippen molar-refractivity contribution in [2.24, 2.45) is 0 Å². The minimum absolute atomic E-state index is 0. The molecule has 1 saturated heterocycles. The molecule has 362 valence electrons. The van der Waals surface area contributed by atoms with Crippen molar-refractivity contribution in [1.82, 2.24) is 30.2 Å². The lowest BCUT2D eigenvalue weighted by molar-refractivity contribution is -0.131. The number of halogens is 3. The number of nitrogens with one attached hydrogen (secondary N) is 2. The molecule has 2 N–H and O–H groups in total. The molecule has 0 aliphatic carbocycles. The molecule has 0 unspecified atom stereocenters. The molecule has 0 saturated carbocycles. The zero-order valence-electron chi connectivity index (χ0n) is 38.9. The van der Waals surface area contributed by atoms with Crippen molar-refractivity contribution in [2.75, 3.05) is 0 Å². The maximum atomic E-state index is 14.9. The smallest absolute Gasteiger partial charge is 0.399 e. The number of rotatable bonds is 6. The predicted molar refractivity (Wildman–Crippen MR) is 273 cm³/mol. The summed E-state index contributed by atoms with van der Waals surface area (Å²) in [5.74, 6) is -1.05. The minimum Gasteiger partial charge on any atom is -0.399 e. The van der Waals surface area contributed by atoms with E-state index in [9.17, 15) is 28.0 Å². The first-order valence-electron chi connectivity index (χ1n) is 22.8. The third kappa shape index (κ3) is 10.6. The number of aromatic nitrogens is 4. The van der Waals surface area contributed by atoms with Crippen molar-refractivity contribution in [3.63, 3.8) is 0 Å². The summed E-state index contributed by atoms with van der Waals surface area (Å²) in [7, 11) is -0.614. The van der Waals surface area contributed by atoms with Crippen LogP contribution in [0.4, 0.5) is 8.78 Å². The van der Waals surface area contributed by atoms with Gasteiger partial charge in [0.15, 0.2) is 5.15 Å². The summed E-state index contributed by atoms with van der Waals surface area (Å²) in [6, 6.07) is 39.7. The van der Waals surface area contributed by atoms with Gasteiger partial charge in [-0.05, 0) is 90.8 Å². The van der Waals surface area contributed by atoms with Crippen LogP contribution in [-0.2, 0) is 57.9 Å². The van der Waals surface area contributed by atoms with E-state index in [0.29, 0.717) is 80.7 Å². The highest BCUT2D eigenvalue weighted by Gasteiger charge is 2.51. The van der Waals surface area contributed by atoms with E-state index in [2.05, 4.69) is 20.4 Å². The molecule has 16 heteroatoms. The number of H-pyrrole nitrogens is 2. The van der Waals surface area contributed by atoms with Crippen LogP contribution in [0.2, 0.25) is 5.15 Å². The highest BCUT2D eigenvalue weighted by atomic mass is 35.5. The van der Waals surface area contributed by atoms with Gasteiger partial charge in [0.25, 0.3) is 11.1 Å². The molecular weight excluding hydrogens is 925 g/mol. The number of fused-ring (bicyclic) bond motifs is 4. The topological polar surface area (TPSA) is 151 Å². The number of amides is 2. The van der Waals surface area contributed by atoms with Crippen molar-refractivity contribution in [3.05, 3.63) is 204 Å². The number of hydrogen-bond donors (Lipinski definition) is 2. The second kappa shape index (κ2) is 20.6. The Morgan fingerprint density at radius 3 is 1.46 bits per heavy atom. The van der Waals surface area contributed by atoms with E-state index in [1.54, 1.807) is 70.5 Å². The molecule has 3 aliphatic heterocycles. The fourth-order valence-corrected chi connectivity index (χ4v) is 8.86. The molecule has 3 aliphatic rings. The molecule has 0 radical (unpaired) electrons. The van der Waals surface area contributed by atoms with Gasteiger partial charge in [-0.2, -0.15) is 10.2 Å². The van der Waals surface area contributed by atoms with E-state index in [0.717, 1.165) is 22.3 Å². The van der Waals surface area contributed by atoms with Gasteiger partial charge < -0.3 is 19.1 Å². The lowest BCUT2D eigenvalue weighted by Crippen LogP contribution is -2.41. The number of carbonyl (C=O) groups is 2. The van der Waals surface area contributed by atoms with Crippen molar-refractivity contribution >= 4 is 57.5 Å². The van der Waals surface area contributed by atoms with E-state index in [1.807, 2.05) is 88.4 Å². The molecule has 1 fully saturated rings. The summed E-state index contributed by atoms with van der Waals surface area (Å²) in [5, 5.41) is 15.2. The Hall–Kier alpha value is -7.33. The standard InChI is InChI=1S/C24H18FN3O2.C22H25BFNO3.C8H5ClN2O.CH4/c25-21-11-16(23-19-7-3-4-8-20(19)24(30)27-26-23)10-9-15(21)12-22(29)28-13-17-5-1-2-6-18(17)14-28;1-21(2)22(3,4)28-23(27-21)18-10-9-15(19(24)12-18)11-20(26)25-13-16-7-5-6-8-17(16)14-25;9-7-5-3-1-2-4-6(5)8(12)11-10-7;/h1-11H,12-14H2,(H,27,30);5-10,12H,11,13-14H2,1-4H3;1-4H,(H,11,12);1H4. The Morgan fingerprint density at radius 2 is 1.00 bits per heavy atom. The quantitative estimate of drug-likeness (QED) is 0.157. The summed E-state index contributed by atoms with van der Waals surface area (Å²) in [5.41, 5.74) is 5.53. The van der Waals surface area contributed by atoms with E-state index >= 15 is 0 Å². The van der Waals surface area contributed by atoms with Gasteiger partial charge in [0.2, 0.25) is 11.8 Å². The molecular formula is C55H52BClF2N6O6. The van der Waals surface area contributed by atoms with E-state index in [-0.39, 0.29) is 43.2 Å². The van der Waals surface area contributed by atoms with Crippen LogP contribution < -0.4 is 16.6 Å². The van der Waals surface area contributed by atoms with Crippen LogP contribution in [0.25, 0.3) is 32.8 Å². The van der Waals surface area contributed by atoms with Gasteiger partial charge in [0.05, 0.1) is 40.5 Å². The highest BCUT2D eigenvalue weighted by Crippen LogP contribution is 2.37. The molecule has 0 atom stereocenters. The number of carbonyl (C=O) groups excluding carboxylic acids is 2. The lowest BCUT2D eigenvalue weighted by atomic mass is 9.78. The first-order valence-corrected chi connectivity index (χ1v) is 23.2. The van der Waals surface area contributed by atoms with Crippen molar-refractivity contribution in [1.29, 1.82) is 0 Å². The summed E-state index contributed by atoms with van der Waals surface area (Å²) < 4.78 is 41.5. The Morgan fingerprint density at radius 1 is 0.592 bits per heavy atom. The van der Waals surface area contributed by atoms with Crippen LogP contribution in [0.1, 0.15) is 68.5 Å². The van der Waals surface area contributed by atoms with Gasteiger partial charge >= 0.3 is 7.12 Å². The zero-order chi connectivity index (χ0) is 49.3. The molecule has 12 nitrogen and oxygen atoms in total. The van der Waals surface area contributed by atoms with Gasteiger partial charge in [0.1, 0.15) is 11.6 Å². The second-order valence-corrected chi connectivity index (χ2v) is 18.8. The van der Waals surface area contributed by atoms with Crippen molar-refractivity contribution in [2.45, 2.75) is 85.3 Å². The Balaban J connectivity index is 0.000000153. The molecule has 0 bridgehead atoms. The fourth-order valence-electron chi connectivity index (χ4n) is 8.66. The largest absolute Gasteiger partial charge is 0.494 e. The van der Waals surface area contributed by atoms with Crippen molar-refractivity contribution < 1.29 is 27.7 Å². The maximum absolute atomic E-state index is 14.9. The Kier molecular flexibility index (Phi) is 14.5. The van der Waals surface area contributed by atoms with Crippen LogP contribution in [0.15, 0.2) is 143 Å². The van der Waals surface area contributed by atoms with Crippen LogP contribution in [-0.4, -0.2) is 60.3 Å². The third-order valence-electron chi connectivity index (χ3n) is 13.3. The summed E-state index contributed by atoms with van der Waals surface area (Å²) in [6.45, 7) is 10.1. The van der Waals surface area contributed by atoms with Gasteiger partial charge in [-0.1, -0.05) is 128 Å². The first-order chi connectivity index (χ1) is 33.5. The molecule has 71 heavy (non-hydrogen) atoms. The van der Waals surface area contributed by atoms with Gasteiger partial charge in [-0.25, -0.2) is 19.0 Å². The van der Waals surface area contributed by atoms with Gasteiger partial charge in [-0.15, -0.1) is 0 Å². The predicted octanol–water partition coefficient (Wildman–Crippen LogP) is 9.24. The summed E-state index contributed by atoms with van der Waals surface area (Å²) in [6.07, 6.45) is 0.0450. The molecule has 0 spiro atoms. The molecule has 5 heterocycles. The van der Waals surface area contributed by atoms with Crippen LogP contribution in [0.3, 0.4) is 0 Å². The third-order valence-corrected chi connectivity index (χ3v) is 13.6. The highest BCUT2D eigenvalue weighted by molar-refractivity contribution is 6.62. The zero-order valence-corrected chi connectivity index (χ0v) is 39.6. The molecule has 11 rings (SSSR count). The van der Waals surface area contributed by atoms with Gasteiger partial charge in [-0.3, -0.25) is 19.2 Å². The molecule has 2 amide bonds. The van der Waals surface area contributed by atoms with Crippen LogP contribution >= 0.6 is 11.6 Å². The summed E-state index contributed by atoms with van der Waals surface area (Å²) >= 11 is 5.75. The fraction of sp³-hybridized carbons (Fsp3) is 0.236. The van der Waals surface area contributed by atoms with Crippen molar-refractivity contribution in [3.8, 4) is 11.3 Å². The molecule has 2 aromatic heterocycles. The minimum atomic E-state index is -0.614. The SMILES string of the molecule is C.CC1(C)OB(c2ccc(CC(=O)N3Cc4ccccc4C3)c(F)c2)OC1(C)C.O=C(Cc1ccc(-c2n[nH]c(=O)c3ccccc23)cc1F)N1Cc2ccccc2C1.O=c1[nH]nc(Cl)c2ccccc12. The number of aromatic amines is 2. The van der Waals surface area contributed by atoms with E-state index in [1.165, 1.54) is 12.1 Å². The second-order valence-electron chi connectivity index (χ2n) is 18.5. The number of nitrogens with zero attached hydrogens (tertiary/aromatic N) is 4. The maximum Gasteiger partial charge on any atom is 0.494 e. The summed E-state index contributed by atoms with van der Waals surface area (Å²) in [4.78, 5) is 52.0. The van der Waals surface area contributed by atoms with E-state index < -0.39 is 30.0 Å². The number of benzene rings is 6. The average Bonchev–Trinajstić information content (AvgIpc) is 4.05. The first kappa shape index (κ1) is 50.1. The van der Waals surface area contributed by atoms with Gasteiger partial charge in [0, 0.05) is 42.5 Å².